The van der Waals surface area contributed by atoms with Crippen molar-refractivity contribution in [1.82, 2.24) is 25.1 Å². The molecule has 3 aromatic rings. The Hall–Kier alpha value is -2.57. The Morgan fingerprint density at radius 2 is 1.64 bits per heavy atom. The van der Waals surface area contributed by atoms with Crippen LogP contribution in [0.3, 0.4) is 0 Å². The van der Waals surface area contributed by atoms with Gasteiger partial charge in [0.25, 0.3) is 0 Å². The minimum absolute atomic E-state index is 0.377. The van der Waals surface area contributed by atoms with E-state index >= 15 is 0 Å². The molecule has 0 saturated carbocycles. The summed E-state index contributed by atoms with van der Waals surface area (Å²) in [5.41, 5.74) is 2.26. The predicted molar refractivity (Wildman–Crippen MR) is 108 cm³/mol. The smallest absolute Gasteiger partial charge is 0.156 e. The molecule has 0 unspecified atom stereocenters. The third kappa shape index (κ3) is 5.03. The zero-order valence-electron chi connectivity index (χ0n) is 16.2. The Labute approximate surface area is 166 Å². The number of ether oxygens (including phenoxy) is 1. The molecule has 2 aromatic carbocycles. The second-order valence-corrected chi connectivity index (χ2v) is 7.28. The van der Waals surface area contributed by atoms with Crippen LogP contribution in [0.25, 0.3) is 5.69 Å². The molecule has 0 spiro atoms. The maximum atomic E-state index is 6.09. The van der Waals surface area contributed by atoms with Gasteiger partial charge < -0.3 is 9.64 Å². The molecule has 1 aliphatic heterocycles. The van der Waals surface area contributed by atoms with E-state index in [0.717, 1.165) is 56.8 Å². The fourth-order valence-corrected chi connectivity index (χ4v) is 3.68. The number of rotatable bonds is 8. The summed E-state index contributed by atoms with van der Waals surface area (Å²) in [6, 6.07) is 20.5. The summed E-state index contributed by atoms with van der Waals surface area (Å²) < 4.78 is 7.93. The van der Waals surface area contributed by atoms with Gasteiger partial charge in [-0.1, -0.05) is 48.5 Å². The Morgan fingerprint density at radius 1 is 0.929 bits per heavy atom. The van der Waals surface area contributed by atoms with Gasteiger partial charge in [-0.15, -0.1) is 5.10 Å². The van der Waals surface area contributed by atoms with Gasteiger partial charge in [0, 0.05) is 19.5 Å². The van der Waals surface area contributed by atoms with Crippen LogP contribution in [0.2, 0.25) is 0 Å². The molecule has 146 valence electrons. The number of nitrogens with zero attached hydrogens (tertiary/aromatic N) is 5. The molecule has 1 fully saturated rings. The van der Waals surface area contributed by atoms with Gasteiger partial charge in [-0.25, -0.2) is 0 Å². The third-order valence-electron chi connectivity index (χ3n) is 5.27. The van der Waals surface area contributed by atoms with Crippen LogP contribution in [-0.2, 0) is 17.8 Å². The molecule has 1 aromatic heterocycles. The van der Waals surface area contributed by atoms with E-state index in [4.69, 9.17) is 4.74 Å². The molecule has 0 bridgehead atoms. The van der Waals surface area contributed by atoms with Gasteiger partial charge in [0.05, 0.1) is 18.4 Å². The molecule has 0 N–H and O–H groups in total. The molecular weight excluding hydrogens is 350 g/mol. The van der Waals surface area contributed by atoms with E-state index in [1.165, 1.54) is 5.56 Å². The van der Waals surface area contributed by atoms with Gasteiger partial charge >= 0.3 is 0 Å². The van der Waals surface area contributed by atoms with Crippen molar-refractivity contribution in [2.45, 2.75) is 38.4 Å². The zero-order chi connectivity index (χ0) is 19.0. The Bertz CT molecular complexity index is 828. The molecular formula is C22H27N5O. The van der Waals surface area contributed by atoms with Crippen molar-refractivity contribution in [3.63, 3.8) is 0 Å². The molecule has 1 saturated heterocycles. The SMILES string of the molecule is c1ccc(COC2CCN(CCCc3nnnn3-c3ccccc3)CC2)cc1. The van der Waals surface area contributed by atoms with Gasteiger partial charge in [0.1, 0.15) is 0 Å². The quantitative estimate of drug-likeness (QED) is 0.603. The lowest BCUT2D eigenvalue weighted by molar-refractivity contribution is -0.00256. The van der Waals surface area contributed by atoms with Crippen LogP contribution < -0.4 is 0 Å². The summed E-state index contributed by atoms with van der Waals surface area (Å²) in [6.07, 6.45) is 4.53. The minimum atomic E-state index is 0.377. The molecule has 2 heterocycles. The first-order chi connectivity index (χ1) is 13.9. The predicted octanol–water partition coefficient (Wildman–Crippen LogP) is 3.28. The highest BCUT2D eigenvalue weighted by Crippen LogP contribution is 2.16. The molecule has 6 nitrogen and oxygen atoms in total. The van der Waals surface area contributed by atoms with Crippen molar-refractivity contribution in [2.75, 3.05) is 19.6 Å². The molecule has 0 aliphatic carbocycles. The van der Waals surface area contributed by atoms with Crippen LogP contribution in [0.4, 0.5) is 0 Å². The van der Waals surface area contributed by atoms with Gasteiger partial charge in [-0.3, -0.25) is 0 Å². The van der Waals surface area contributed by atoms with E-state index < -0.39 is 0 Å². The number of tetrazole rings is 1. The van der Waals surface area contributed by atoms with Gasteiger partial charge in [-0.05, 0) is 53.9 Å². The minimum Gasteiger partial charge on any atom is -0.373 e. The molecule has 0 amide bonds. The summed E-state index contributed by atoms with van der Waals surface area (Å²) in [7, 11) is 0. The number of hydrogen-bond acceptors (Lipinski definition) is 5. The summed E-state index contributed by atoms with van der Waals surface area (Å²) in [5, 5.41) is 12.2. The fourth-order valence-electron chi connectivity index (χ4n) is 3.68. The number of benzene rings is 2. The molecule has 6 heteroatoms. The second-order valence-electron chi connectivity index (χ2n) is 7.28. The van der Waals surface area contributed by atoms with Crippen molar-refractivity contribution >= 4 is 0 Å². The van der Waals surface area contributed by atoms with Crippen molar-refractivity contribution in [1.29, 1.82) is 0 Å². The Morgan fingerprint density at radius 3 is 2.39 bits per heavy atom. The van der Waals surface area contributed by atoms with Crippen LogP contribution in [0.15, 0.2) is 60.7 Å². The maximum absolute atomic E-state index is 6.09. The summed E-state index contributed by atoms with van der Waals surface area (Å²) in [5.74, 6) is 0.923. The van der Waals surface area contributed by atoms with Gasteiger partial charge in [0.2, 0.25) is 0 Å². The lowest BCUT2D eigenvalue weighted by Crippen LogP contribution is -2.37. The molecule has 1 aliphatic rings. The second kappa shape index (κ2) is 9.57. The van der Waals surface area contributed by atoms with Crippen LogP contribution in [-0.4, -0.2) is 50.8 Å². The molecule has 28 heavy (non-hydrogen) atoms. The molecule has 0 atom stereocenters. The van der Waals surface area contributed by atoms with E-state index in [0.29, 0.717) is 12.7 Å². The van der Waals surface area contributed by atoms with E-state index in [1.54, 1.807) is 0 Å². The molecule has 0 radical (unpaired) electrons. The van der Waals surface area contributed by atoms with E-state index in [2.05, 4.69) is 44.7 Å². The number of para-hydroxylation sites is 1. The first-order valence-electron chi connectivity index (χ1n) is 10.1. The first-order valence-corrected chi connectivity index (χ1v) is 10.1. The monoisotopic (exact) mass is 377 g/mol. The average Bonchev–Trinajstić information content (AvgIpc) is 3.23. The topological polar surface area (TPSA) is 56.1 Å². The normalized spacial score (nSPS) is 15.7. The lowest BCUT2D eigenvalue weighted by Gasteiger charge is -2.31. The van der Waals surface area contributed by atoms with Crippen molar-refractivity contribution < 1.29 is 4.74 Å². The highest BCUT2D eigenvalue weighted by molar-refractivity contribution is 5.30. The number of aryl methyl sites for hydroxylation is 1. The molecule has 4 rings (SSSR count). The largest absolute Gasteiger partial charge is 0.373 e. The lowest BCUT2D eigenvalue weighted by atomic mass is 10.1. The summed E-state index contributed by atoms with van der Waals surface area (Å²) in [6.45, 7) is 3.99. The number of hydrogen-bond donors (Lipinski definition) is 0. The van der Waals surface area contributed by atoms with Crippen molar-refractivity contribution in [2.24, 2.45) is 0 Å². The Kier molecular flexibility index (Phi) is 6.42. The van der Waals surface area contributed by atoms with Crippen molar-refractivity contribution in [3.05, 3.63) is 72.1 Å². The highest BCUT2D eigenvalue weighted by Gasteiger charge is 2.19. The standard InChI is InChI=1S/C22H27N5O/c1-3-8-19(9-4-1)18-28-21-13-16-26(17-14-21)15-7-12-22-23-24-25-27(22)20-10-5-2-6-11-20/h1-6,8-11,21H,7,12-18H2. The summed E-state index contributed by atoms with van der Waals surface area (Å²) >= 11 is 0. The van der Waals surface area contributed by atoms with Crippen LogP contribution >= 0.6 is 0 Å². The number of piperidine rings is 1. The summed E-state index contributed by atoms with van der Waals surface area (Å²) in [4.78, 5) is 2.53. The highest BCUT2D eigenvalue weighted by atomic mass is 16.5. The zero-order valence-corrected chi connectivity index (χ0v) is 16.2. The van der Waals surface area contributed by atoms with E-state index in [1.807, 2.05) is 41.1 Å². The third-order valence-corrected chi connectivity index (χ3v) is 5.27. The number of likely N-dealkylation sites (tertiary alicyclic amines) is 1. The fraction of sp³-hybridized carbons (Fsp3) is 0.409. The number of aromatic nitrogens is 4. The maximum Gasteiger partial charge on any atom is 0.156 e. The van der Waals surface area contributed by atoms with Crippen LogP contribution in [0, 0.1) is 0 Å². The van der Waals surface area contributed by atoms with E-state index in [-0.39, 0.29) is 0 Å². The Balaban J connectivity index is 1.18. The van der Waals surface area contributed by atoms with Gasteiger partial charge in [0.15, 0.2) is 5.82 Å². The first kappa shape index (κ1) is 18.8. The van der Waals surface area contributed by atoms with Crippen LogP contribution in [0.1, 0.15) is 30.7 Å². The van der Waals surface area contributed by atoms with Crippen LogP contribution in [0.5, 0.6) is 0 Å². The van der Waals surface area contributed by atoms with Crippen molar-refractivity contribution in [3.8, 4) is 5.69 Å². The average molecular weight is 377 g/mol. The van der Waals surface area contributed by atoms with Gasteiger partial charge in [-0.2, -0.15) is 4.68 Å². The van der Waals surface area contributed by atoms with E-state index in [9.17, 15) is 0 Å².